The molecule has 2 rings (SSSR count). The maximum Gasteiger partial charge on any atom is 0.273 e. The minimum Gasteiger partial charge on any atom is -0.300 e. The van der Waals surface area contributed by atoms with Crippen LogP contribution in [0.15, 0.2) is 23.4 Å². The molecule has 0 unspecified atom stereocenters. The van der Waals surface area contributed by atoms with Gasteiger partial charge in [0.1, 0.15) is 5.82 Å². The summed E-state index contributed by atoms with van der Waals surface area (Å²) in [4.78, 5) is 0. The van der Waals surface area contributed by atoms with E-state index in [1.165, 1.54) is 29.8 Å². The first-order valence-corrected chi connectivity index (χ1v) is 7.31. The van der Waals surface area contributed by atoms with Crippen LogP contribution in [0.3, 0.4) is 0 Å². The molecule has 0 saturated heterocycles. The summed E-state index contributed by atoms with van der Waals surface area (Å²) in [6.07, 6.45) is 0. The molecular weight excluding hydrogens is 374 g/mol. The number of rotatable bonds is 2. The number of sulfonamides is 1. The lowest BCUT2D eigenvalue weighted by molar-refractivity contribution is 0.580. The van der Waals surface area contributed by atoms with E-state index in [-0.39, 0.29) is 11.0 Å². The first-order valence-electron chi connectivity index (χ1n) is 4.68. The van der Waals surface area contributed by atoms with Gasteiger partial charge in [-0.1, -0.05) is 0 Å². The fourth-order valence-corrected chi connectivity index (χ4v) is 2.81. The Morgan fingerprint density at radius 2 is 2.06 bits per heavy atom. The highest BCUT2D eigenvalue weighted by Crippen LogP contribution is 2.25. The molecule has 0 radical (unpaired) electrons. The summed E-state index contributed by atoms with van der Waals surface area (Å²) >= 11 is 1.93. The van der Waals surface area contributed by atoms with Crippen molar-refractivity contribution in [2.24, 2.45) is 12.2 Å². The maximum atomic E-state index is 13.0. The number of nitrogens with two attached hydrogens (primary N) is 1. The molecule has 0 aliphatic carbocycles. The highest BCUT2D eigenvalue weighted by atomic mass is 127. The fraction of sp³-hybridized carbons (Fsp3) is 0.111. The molecule has 96 valence electrons. The monoisotopic (exact) mass is 382 g/mol. The summed E-state index contributed by atoms with van der Waals surface area (Å²) in [6.45, 7) is 0. The molecule has 0 aliphatic rings. The second kappa shape index (κ2) is 4.55. The Hall–Kier alpha value is -1.07. The van der Waals surface area contributed by atoms with Crippen LogP contribution in [-0.4, -0.2) is 23.2 Å². The predicted octanol–water partition coefficient (Wildman–Crippen LogP) is 0.873. The molecule has 9 heteroatoms. The maximum absolute atomic E-state index is 13.0. The van der Waals surface area contributed by atoms with E-state index in [0.29, 0.717) is 15.0 Å². The number of halogens is 2. The van der Waals surface area contributed by atoms with E-state index in [9.17, 15) is 12.8 Å². The zero-order valence-electron chi connectivity index (χ0n) is 9.13. The van der Waals surface area contributed by atoms with Gasteiger partial charge in [-0.15, -0.1) is 10.2 Å². The average Bonchev–Trinajstić information content (AvgIpc) is 2.60. The van der Waals surface area contributed by atoms with Gasteiger partial charge in [-0.25, -0.2) is 17.9 Å². The standard InChI is InChI=1S/C9H8FIN4O2S/c1-15-8(13-14-9(15)18(12,16)17)6-3-2-5(10)4-7(6)11/h2-4H,1H3,(H2,12,16,17). The number of primary sulfonamides is 1. The lowest BCUT2D eigenvalue weighted by Crippen LogP contribution is -2.17. The van der Waals surface area contributed by atoms with E-state index in [4.69, 9.17) is 5.14 Å². The third kappa shape index (κ3) is 2.37. The van der Waals surface area contributed by atoms with Crippen molar-refractivity contribution in [3.8, 4) is 11.4 Å². The Labute approximate surface area is 116 Å². The molecule has 0 aliphatic heterocycles. The molecule has 2 aromatic rings. The van der Waals surface area contributed by atoms with Crippen molar-refractivity contribution >= 4 is 32.6 Å². The van der Waals surface area contributed by atoms with Gasteiger partial charge in [0, 0.05) is 16.2 Å². The molecule has 1 aromatic heterocycles. The summed E-state index contributed by atoms with van der Waals surface area (Å²) in [5, 5.41) is 12.0. The van der Waals surface area contributed by atoms with Crippen LogP contribution in [0.1, 0.15) is 0 Å². The van der Waals surface area contributed by atoms with Crippen LogP contribution in [-0.2, 0) is 17.1 Å². The van der Waals surface area contributed by atoms with Crippen molar-refractivity contribution < 1.29 is 12.8 Å². The molecule has 0 amide bonds. The first kappa shape index (κ1) is 13.4. The predicted molar refractivity (Wildman–Crippen MR) is 70.5 cm³/mol. The molecule has 0 atom stereocenters. The van der Waals surface area contributed by atoms with Gasteiger partial charge >= 0.3 is 0 Å². The molecule has 6 nitrogen and oxygen atoms in total. The van der Waals surface area contributed by atoms with Gasteiger partial charge in [-0.05, 0) is 40.8 Å². The average molecular weight is 382 g/mol. The molecule has 1 heterocycles. The third-order valence-electron chi connectivity index (χ3n) is 2.26. The Morgan fingerprint density at radius 1 is 1.39 bits per heavy atom. The number of aromatic nitrogens is 3. The Kier molecular flexibility index (Phi) is 3.38. The summed E-state index contributed by atoms with van der Waals surface area (Å²) in [6, 6.07) is 4.10. The summed E-state index contributed by atoms with van der Waals surface area (Å²) in [5.74, 6) is -0.0691. The topological polar surface area (TPSA) is 90.9 Å². The second-order valence-corrected chi connectivity index (χ2v) is 6.15. The van der Waals surface area contributed by atoms with Crippen LogP contribution in [0.2, 0.25) is 0 Å². The summed E-state index contributed by atoms with van der Waals surface area (Å²) in [7, 11) is -2.45. The number of nitrogens with zero attached hydrogens (tertiary/aromatic N) is 3. The van der Waals surface area contributed by atoms with Crippen molar-refractivity contribution in [3.05, 3.63) is 27.6 Å². The molecule has 0 saturated carbocycles. The van der Waals surface area contributed by atoms with Gasteiger partial charge in [-0.2, -0.15) is 0 Å². The van der Waals surface area contributed by atoms with Gasteiger partial charge < -0.3 is 0 Å². The van der Waals surface area contributed by atoms with Crippen molar-refractivity contribution in [1.29, 1.82) is 0 Å². The largest absolute Gasteiger partial charge is 0.300 e. The Balaban J connectivity index is 2.63. The molecule has 18 heavy (non-hydrogen) atoms. The fourth-order valence-electron chi connectivity index (χ4n) is 1.47. The number of hydrogen-bond acceptors (Lipinski definition) is 4. The Bertz CT molecular complexity index is 713. The molecule has 1 aromatic carbocycles. The molecule has 0 spiro atoms. The normalized spacial score (nSPS) is 11.8. The second-order valence-electron chi connectivity index (χ2n) is 3.53. The number of hydrogen-bond donors (Lipinski definition) is 1. The summed E-state index contributed by atoms with van der Waals surface area (Å²) in [5.41, 5.74) is 0.585. The van der Waals surface area contributed by atoms with E-state index in [0.717, 1.165) is 0 Å². The van der Waals surface area contributed by atoms with Crippen LogP contribution >= 0.6 is 22.6 Å². The SMILES string of the molecule is Cn1c(-c2ccc(F)cc2I)nnc1S(N)(=O)=O. The van der Waals surface area contributed by atoms with Gasteiger partial charge in [0.2, 0.25) is 0 Å². The third-order valence-corrected chi connectivity index (χ3v) is 4.02. The van der Waals surface area contributed by atoms with Crippen molar-refractivity contribution in [2.45, 2.75) is 5.16 Å². The van der Waals surface area contributed by atoms with Crippen LogP contribution in [0.5, 0.6) is 0 Å². The van der Waals surface area contributed by atoms with Gasteiger partial charge in [0.15, 0.2) is 5.82 Å². The van der Waals surface area contributed by atoms with E-state index < -0.39 is 10.0 Å². The van der Waals surface area contributed by atoms with E-state index in [1.54, 1.807) is 0 Å². The lowest BCUT2D eigenvalue weighted by Gasteiger charge is -2.04. The van der Waals surface area contributed by atoms with Crippen LogP contribution in [0.4, 0.5) is 4.39 Å². The van der Waals surface area contributed by atoms with E-state index in [2.05, 4.69) is 10.2 Å². The van der Waals surface area contributed by atoms with Crippen LogP contribution in [0, 0.1) is 9.39 Å². The smallest absolute Gasteiger partial charge is 0.273 e. The van der Waals surface area contributed by atoms with Crippen molar-refractivity contribution in [3.63, 3.8) is 0 Å². The van der Waals surface area contributed by atoms with Crippen LogP contribution < -0.4 is 5.14 Å². The van der Waals surface area contributed by atoms with Gasteiger partial charge in [-0.3, -0.25) is 4.57 Å². The van der Waals surface area contributed by atoms with Gasteiger partial charge in [0.25, 0.3) is 15.2 Å². The first-order chi connectivity index (χ1) is 8.30. The van der Waals surface area contributed by atoms with Crippen LogP contribution in [0.25, 0.3) is 11.4 Å². The lowest BCUT2D eigenvalue weighted by atomic mass is 10.2. The minimum absolute atomic E-state index is 0.309. The van der Waals surface area contributed by atoms with Crippen molar-refractivity contribution in [2.75, 3.05) is 0 Å². The van der Waals surface area contributed by atoms with Gasteiger partial charge in [0.05, 0.1) is 0 Å². The molecule has 0 bridgehead atoms. The summed E-state index contributed by atoms with van der Waals surface area (Å²) < 4.78 is 37.3. The highest BCUT2D eigenvalue weighted by molar-refractivity contribution is 14.1. The quantitative estimate of drug-likeness (QED) is 0.781. The molecular formula is C9H8FIN4O2S. The molecule has 2 N–H and O–H groups in total. The van der Waals surface area contributed by atoms with E-state index >= 15 is 0 Å². The van der Waals surface area contributed by atoms with E-state index in [1.807, 2.05) is 22.6 Å². The van der Waals surface area contributed by atoms with Crippen molar-refractivity contribution in [1.82, 2.24) is 14.8 Å². The Morgan fingerprint density at radius 3 is 2.56 bits per heavy atom. The zero-order chi connectivity index (χ0) is 13.5. The number of benzene rings is 1. The molecule has 0 fully saturated rings. The minimum atomic E-state index is -3.93. The highest BCUT2D eigenvalue weighted by Gasteiger charge is 2.20. The zero-order valence-corrected chi connectivity index (χ0v) is 12.1.